The zero-order chi connectivity index (χ0) is 9.94. The first-order valence-electron chi connectivity index (χ1n) is 4.93. The molecule has 0 radical (unpaired) electrons. The molecular weight excluding hydrogens is 344 g/mol. The van der Waals surface area contributed by atoms with E-state index in [1.165, 1.54) is 29.7 Å². The quantitative estimate of drug-likeness (QED) is 0.203. The van der Waals surface area contributed by atoms with Crippen molar-refractivity contribution in [3.05, 3.63) is 12.2 Å². The standard InChI is InChI=1S/C10H17O2.HI.Zn/c1-3-5-7-8-10(11)12-9-6-4-2;;/h7-8H,1,3-6,9H2,2H3;1H;/q;;+1/p-1. The van der Waals surface area contributed by atoms with Crippen molar-refractivity contribution in [3.8, 4) is 0 Å². The van der Waals surface area contributed by atoms with Crippen LogP contribution in [0.5, 0.6) is 0 Å². The summed E-state index contributed by atoms with van der Waals surface area (Å²) in [5.74, 6) is -0.194. The number of unbranched alkanes of at least 4 members (excludes halogenated alkanes) is 2. The van der Waals surface area contributed by atoms with Gasteiger partial charge in [0.05, 0.1) is 0 Å². The largest absolute Gasteiger partial charge is 1.00 e. The maximum Gasteiger partial charge on any atom is -1.00 e. The fraction of sp³-hybridized carbons (Fsp3) is 0.700. The average molecular weight is 362 g/mol. The summed E-state index contributed by atoms with van der Waals surface area (Å²) in [4.78, 5) is 11.0. The minimum absolute atomic E-state index is 0. The molecule has 0 spiro atoms. The van der Waals surface area contributed by atoms with Crippen molar-refractivity contribution >= 4 is 5.97 Å². The van der Waals surface area contributed by atoms with Crippen molar-refractivity contribution in [2.24, 2.45) is 0 Å². The Morgan fingerprint density at radius 1 is 1.43 bits per heavy atom. The Hall–Kier alpha value is 0.563. The smallest absolute Gasteiger partial charge is 1.00 e. The molecule has 0 aromatic carbocycles. The summed E-state index contributed by atoms with van der Waals surface area (Å²) in [5.41, 5.74) is 0. The maximum atomic E-state index is 11.0. The zero-order valence-corrected chi connectivity index (χ0v) is 13.9. The van der Waals surface area contributed by atoms with E-state index in [1.54, 1.807) is 6.08 Å². The topological polar surface area (TPSA) is 26.3 Å². The van der Waals surface area contributed by atoms with Gasteiger partial charge in [-0.1, -0.05) is 0 Å². The van der Waals surface area contributed by atoms with Crippen LogP contribution in [0.2, 0.25) is 5.02 Å². The Bertz CT molecular complexity index is 160. The molecule has 78 valence electrons. The van der Waals surface area contributed by atoms with Crippen molar-refractivity contribution in [3.63, 3.8) is 0 Å². The molecule has 0 N–H and O–H groups in total. The van der Waals surface area contributed by atoms with Gasteiger partial charge in [-0.15, -0.1) is 0 Å². The normalized spacial score (nSPS) is 9.93. The van der Waals surface area contributed by atoms with Gasteiger partial charge in [-0.3, -0.25) is 0 Å². The van der Waals surface area contributed by atoms with E-state index in [9.17, 15) is 4.79 Å². The second kappa shape index (κ2) is 13.6. The molecule has 0 saturated carbocycles. The zero-order valence-electron chi connectivity index (χ0n) is 8.80. The molecule has 0 rings (SSSR count). The van der Waals surface area contributed by atoms with Gasteiger partial charge in [-0.25, -0.2) is 0 Å². The van der Waals surface area contributed by atoms with Crippen LogP contribution < -0.4 is 24.0 Å². The third-order valence-corrected chi connectivity index (χ3v) is 2.67. The molecule has 0 aliphatic carbocycles. The molecular formula is C10H17IO2Zn. The maximum absolute atomic E-state index is 11.0. The Labute approximate surface area is 114 Å². The molecule has 2 nitrogen and oxygen atoms in total. The molecule has 0 unspecified atom stereocenters. The Morgan fingerprint density at radius 3 is 2.71 bits per heavy atom. The first kappa shape index (κ1) is 17.0. The molecule has 4 heteroatoms. The fourth-order valence-corrected chi connectivity index (χ4v) is 1.41. The number of carbonyl (C=O) groups excluding carboxylic acids is 1. The Morgan fingerprint density at radius 2 is 2.14 bits per heavy atom. The summed E-state index contributed by atoms with van der Waals surface area (Å²) in [6, 6.07) is 0. The van der Waals surface area contributed by atoms with E-state index in [0.717, 1.165) is 19.3 Å². The van der Waals surface area contributed by atoms with Crippen LogP contribution in [0.1, 0.15) is 32.6 Å². The second-order valence-corrected chi connectivity index (χ2v) is 4.40. The van der Waals surface area contributed by atoms with Gasteiger partial charge >= 0.3 is 90.2 Å². The van der Waals surface area contributed by atoms with Crippen LogP contribution in [0.25, 0.3) is 0 Å². The third-order valence-electron chi connectivity index (χ3n) is 1.62. The number of esters is 1. The number of rotatable bonds is 7. The second-order valence-electron chi connectivity index (χ2n) is 2.92. The van der Waals surface area contributed by atoms with Crippen LogP contribution in [0.15, 0.2) is 12.2 Å². The molecule has 0 aliphatic heterocycles. The van der Waals surface area contributed by atoms with E-state index >= 15 is 0 Å². The Kier molecular flexibility index (Phi) is 16.4. The van der Waals surface area contributed by atoms with Gasteiger partial charge in [0.15, 0.2) is 0 Å². The van der Waals surface area contributed by atoms with Gasteiger partial charge in [0.1, 0.15) is 0 Å². The molecule has 0 saturated heterocycles. The van der Waals surface area contributed by atoms with Crippen molar-refractivity contribution in [2.75, 3.05) is 6.61 Å². The number of carbonyl (C=O) groups is 1. The van der Waals surface area contributed by atoms with E-state index in [-0.39, 0.29) is 29.9 Å². The number of halogens is 1. The third kappa shape index (κ3) is 12.6. The van der Waals surface area contributed by atoms with E-state index in [1.807, 2.05) is 6.08 Å². The molecule has 0 atom stereocenters. The molecule has 0 aromatic rings. The summed E-state index contributed by atoms with van der Waals surface area (Å²) in [6.45, 7) is 2.63. The summed E-state index contributed by atoms with van der Waals surface area (Å²) < 4.78 is 4.94. The van der Waals surface area contributed by atoms with Crippen LogP contribution >= 0.6 is 0 Å². The Balaban J connectivity index is 0. The summed E-state index contributed by atoms with van der Waals surface area (Å²) in [7, 11) is 0. The molecule has 14 heavy (non-hydrogen) atoms. The van der Waals surface area contributed by atoms with Crippen LogP contribution in [-0.2, 0) is 27.8 Å². The molecule has 0 bridgehead atoms. The number of hydrogen-bond donors (Lipinski definition) is 0. The molecule has 0 fully saturated rings. The van der Waals surface area contributed by atoms with E-state index in [0.29, 0.717) is 6.61 Å². The van der Waals surface area contributed by atoms with Crippen molar-refractivity contribution in [2.45, 2.75) is 37.6 Å². The van der Waals surface area contributed by atoms with Crippen LogP contribution in [0, 0.1) is 0 Å². The minimum atomic E-state index is -0.194. The van der Waals surface area contributed by atoms with E-state index in [4.69, 9.17) is 4.74 Å². The molecule has 0 heterocycles. The van der Waals surface area contributed by atoms with Crippen molar-refractivity contribution < 1.29 is 51.8 Å². The molecule has 0 aliphatic rings. The van der Waals surface area contributed by atoms with Gasteiger partial charge in [0.2, 0.25) is 0 Å². The molecule has 0 amide bonds. The monoisotopic (exact) mass is 360 g/mol. The van der Waals surface area contributed by atoms with Gasteiger partial charge in [-0.2, -0.15) is 0 Å². The van der Waals surface area contributed by atoms with Gasteiger partial charge in [-0.05, 0) is 0 Å². The predicted octanol–water partition coefficient (Wildman–Crippen LogP) is -0.365. The summed E-state index contributed by atoms with van der Waals surface area (Å²) in [5, 5.41) is 1.29. The minimum Gasteiger partial charge on any atom is -1.00 e. The average Bonchev–Trinajstić information content (AvgIpc) is 2.13. The van der Waals surface area contributed by atoms with Gasteiger partial charge in [0, 0.05) is 0 Å². The van der Waals surface area contributed by atoms with Crippen LogP contribution in [0.3, 0.4) is 0 Å². The van der Waals surface area contributed by atoms with Crippen molar-refractivity contribution in [1.82, 2.24) is 0 Å². The first-order chi connectivity index (χ1) is 6.31. The molecule has 0 aromatic heterocycles. The van der Waals surface area contributed by atoms with Gasteiger partial charge < -0.3 is 24.0 Å². The summed E-state index contributed by atoms with van der Waals surface area (Å²) in [6.07, 6.45) is 7.67. The number of ether oxygens (including phenoxy) is 1. The van der Waals surface area contributed by atoms with Crippen molar-refractivity contribution in [1.29, 1.82) is 0 Å². The van der Waals surface area contributed by atoms with Crippen LogP contribution in [-0.4, -0.2) is 12.6 Å². The van der Waals surface area contributed by atoms with E-state index < -0.39 is 0 Å². The van der Waals surface area contributed by atoms with E-state index in [2.05, 4.69) is 6.92 Å². The number of allylic oxidation sites excluding steroid dienone is 1. The predicted molar refractivity (Wildman–Crippen MR) is 49.0 cm³/mol. The summed E-state index contributed by atoms with van der Waals surface area (Å²) >= 11 is 1.34. The fourth-order valence-electron chi connectivity index (χ4n) is 0.807. The SMILES string of the molecule is CCCCOC(=O)C=CCC[CH2][Zn+].[I-]. The first-order valence-corrected chi connectivity index (χ1v) is 7.03. The van der Waals surface area contributed by atoms with Gasteiger partial charge in [0.25, 0.3) is 0 Å². The number of hydrogen-bond acceptors (Lipinski definition) is 2. The van der Waals surface area contributed by atoms with Crippen LogP contribution in [0.4, 0.5) is 0 Å².